The Kier molecular flexibility index (Phi) is 3.63. The lowest BCUT2D eigenvalue weighted by Crippen LogP contribution is -2.44. The largest absolute Gasteiger partial charge is 0.344 e. The lowest BCUT2D eigenvalue weighted by Gasteiger charge is -2.27. The van der Waals surface area contributed by atoms with E-state index in [1.807, 2.05) is 18.2 Å². The molecule has 0 bridgehead atoms. The van der Waals surface area contributed by atoms with Gasteiger partial charge in [-0.05, 0) is 18.1 Å². The fraction of sp³-hybridized carbons (Fsp3) is 0.286. The molecule has 92 valence electrons. The highest BCUT2D eigenvalue weighted by atomic mass is 16.2. The van der Waals surface area contributed by atoms with E-state index in [2.05, 4.69) is 11.2 Å². The van der Waals surface area contributed by atoms with Crippen LogP contribution in [0.2, 0.25) is 0 Å². The lowest BCUT2D eigenvalue weighted by molar-refractivity contribution is -0.121. The Labute approximate surface area is 106 Å². The molecule has 0 saturated heterocycles. The first-order valence-electron chi connectivity index (χ1n) is 5.79. The summed E-state index contributed by atoms with van der Waals surface area (Å²) in [5, 5.41) is 2.56. The van der Waals surface area contributed by atoms with Crippen LogP contribution < -0.4 is 5.32 Å². The van der Waals surface area contributed by atoms with Gasteiger partial charge in [0, 0.05) is 12.1 Å². The van der Waals surface area contributed by atoms with Crippen molar-refractivity contribution in [3.63, 3.8) is 0 Å². The van der Waals surface area contributed by atoms with Gasteiger partial charge in [-0.25, -0.2) is 0 Å². The molecule has 4 heteroatoms. The summed E-state index contributed by atoms with van der Waals surface area (Å²) in [6.07, 6.45) is 5.84. The van der Waals surface area contributed by atoms with Gasteiger partial charge in [-0.2, -0.15) is 0 Å². The molecule has 1 aliphatic rings. The molecule has 0 aliphatic carbocycles. The van der Waals surface area contributed by atoms with Gasteiger partial charge in [-0.15, -0.1) is 6.42 Å². The maximum absolute atomic E-state index is 12.1. The Morgan fingerprint density at radius 2 is 2.22 bits per heavy atom. The molecule has 1 aromatic rings. The zero-order valence-corrected chi connectivity index (χ0v) is 9.98. The van der Waals surface area contributed by atoms with Crippen molar-refractivity contribution in [3.8, 4) is 12.3 Å². The summed E-state index contributed by atoms with van der Waals surface area (Å²) in [5.41, 5.74) is 1.73. The number of fused-ring (bicyclic) bond motifs is 1. The van der Waals surface area contributed by atoms with Gasteiger partial charge in [-0.3, -0.25) is 9.59 Å². The number of hydrogen-bond acceptors (Lipinski definition) is 2. The molecule has 1 aliphatic heterocycles. The fourth-order valence-electron chi connectivity index (χ4n) is 2.00. The van der Waals surface area contributed by atoms with Gasteiger partial charge >= 0.3 is 0 Å². The lowest BCUT2D eigenvalue weighted by atomic mass is 9.99. The molecule has 0 unspecified atom stereocenters. The number of nitrogens with zero attached hydrogens (tertiary/aromatic N) is 1. The number of carbonyl (C=O) groups excluding carboxylic acids is 2. The fourth-order valence-corrected chi connectivity index (χ4v) is 2.00. The Bertz CT molecular complexity index is 517. The Hall–Kier alpha value is -2.28. The average Bonchev–Trinajstić information content (AvgIpc) is 2.40. The van der Waals surface area contributed by atoms with E-state index in [1.165, 1.54) is 0 Å². The van der Waals surface area contributed by atoms with Crippen LogP contribution in [0.5, 0.6) is 0 Å². The summed E-state index contributed by atoms with van der Waals surface area (Å²) in [6, 6.07) is 7.49. The Balaban J connectivity index is 2.04. The molecule has 1 aromatic carbocycles. The van der Waals surface area contributed by atoms with Crippen LogP contribution in [0.15, 0.2) is 24.3 Å². The van der Waals surface area contributed by atoms with Crippen molar-refractivity contribution >= 4 is 11.8 Å². The summed E-state index contributed by atoms with van der Waals surface area (Å²) in [7, 11) is 0. The monoisotopic (exact) mass is 242 g/mol. The van der Waals surface area contributed by atoms with E-state index in [9.17, 15) is 9.59 Å². The molecule has 2 amide bonds. The third kappa shape index (κ3) is 2.51. The molecule has 0 fully saturated rings. The van der Waals surface area contributed by atoms with Gasteiger partial charge in [0.15, 0.2) is 0 Å². The van der Waals surface area contributed by atoms with Gasteiger partial charge in [0.25, 0.3) is 5.91 Å². The van der Waals surface area contributed by atoms with Crippen molar-refractivity contribution in [1.82, 2.24) is 10.2 Å². The van der Waals surface area contributed by atoms with Crippen LogP contribution in [0.1, 0.15) is 15.9 Å². The number of nitrogens with one attached hydrogen (secondary N) is 1. The number of terminal acetylenes is 1. The van der Waals surface area contributed by atoms with Crippen LogP contribution >= 0.6 is 0 Å². The maximum atomic E-state index is 12.1. The van der Waals surface area contributed by atoms with Crippen molar-refractivity contribution in [2.75, 3.05) is 19.6 Å². The minimum Gasteiger partial charge on any atom is -0.344 e. The Morgan fingerprint density at radius 1 is 1.44 bits per heavy atom. The second-order valence-corrected chi connectivity index (χ2v) is 4.11. The molecule has 0 aromatic heterocycles. The molecule has 2 rings (SSSR count). The van der Waals surface area contributed by atoms with E-state index in [-0.39, 0.29) is 24.9 Å². The van der Waals surface area contributed by atoms with Gasteiger partial charge in [0.2, 0.25) is 5.91 Å². The number of amides is 2. The molecule has 0 atom stereocenters. The van der Waals surface area contributed by atoms with Crippen molar-refractivity contribution in [2.45, 2.75) is 6.42 Å². The highest BCUT2D eigenvalue weighted by Gasteiger charge is 2.24. The predicted octanol–water partition coefficient (Wildman–Crippen LogP) is 0.434. The van der Waals surface area contributed by atoms with E-state index in [4.69, 9.17) is 6.42 Å². The third-order valence-electron chi connectivity index (χ3n) is 2.91. The number of benzene rings is 1. The number of carbonyl (C=O) groups is 2. The van der Waals surface area contributed by atoms with Crippen LogP contribution in [0, 0.1) is 12.3 Å². The summed E-state index contributed by atoms with van der Waals surface area (Å²) >= 11 is 0. The second kappa shape index (κ2) is 5.37. The molecular weight excluding hydrogens is 228 g/mol. The molecule has 1 heterocycles. The summed E-state index contributed by atoms with van der Waals surface area (Å²) < 4.78 is 0. The quantitative estimate of drug-likeness (QED) is 0.782. The van der Waals surface area contributed by atoms with Gasteiger partial charge < -0.3 is 10.2 Å². The third-order valence-corrected chi connectivity index (χ3v) is 2.91. The Morgan fingerprint density at radius 3 is 3.00 bits per heavy atom. The SMILES string of the molecule is C#CCNC(=O)CN1CCc2ccccc2C1=O. The summed E-state index contributed by atoms with van der Waals surface area (Å²) in [5.74, 6) is 2.02. The van der Waals surface area contributed by atoms with Crippen LogP contribution in [0.3, 0.4) is 0 Å². The smallest absolute Gasteiger partial charge is 0.254 e. The van der Waals surface area contributed by atoms with Crippen LogP contribution in [0.25, 0.3) is 0 Å². The molecular formula is C14H14N2O2. The van der Waals surface area contributed by atoms with Crippen molar-refractivity contribution in [3.05, 3.63) is 35.4 Å². The maximum Gasteiger partial charge on any atom is 0.254 e. The summed E-state index contributed by atoms with van der Waals surface area (Å²) in [6.45, 7) is 0.825. The van der Waals surface area contributed by atoms with Crippen LogP contribution in [0.4, 0.5) is 0 Å². The first kappa shape index (κ1) is 12.2. The second-order valence-electron chi connectivity index (χ2n) is 4.11. The number of rotatable bonds is 3. The van der Waals surface area contributed by atoms with E-state index in [0.717, 1.165) is 12.0 Å². The average molecular weight is 242 g/mol. The predicted molar refractivity (Wildman–Crippen MR) is 67.9 cm³/mol. The molecule has 18 heavy (non-hydrogen) atoms. The van der Waals surface area contributed by atoms with Crippen molar-refractivity contribution < 1.29 is 9.59 Å². The molecule has 0 saturated carbocycles. The van der Waals surface area contributed by atoms with Crippen molar-refractivity contribution in [2.24, 2.45) is 0 Å². The van der Waals surface area contributed by atoms with Gasteiger partial charge in [0.1, 0.15) is 0 Å². The molecule has 0 spiro atoms. The molecule has 0 radical (unpaired) electrons. The van der Waals surface area contributed by atoms with Crippen LogP contribution in [-0.2, 0) is 11.2 Å². The highest BCUT2D eigenvalue weighted by molar-refractivity contribution is 5.98. The van der Waals surface area contributed by atoms with Crippen LogP contribution in [-0.4, -0.2) is 36.3 Å². The minimum absolute atomic E-state index is 0.0643. The van der Waals surface area contributed by atoms with E-state index in [0.29, 0.717) is 12.1 Å². The van der Waals surface area contributed by atoms with E-state index in [1.54, 1.807) is 11.0 Å². The first-order chi connectivity index (χ1) is 8.72. The standard InChI is InChI=1S/C14H14N2O2/c1-2-8-15-13(17)10-16-9-7-11-5-3-4-6-12(11)14(16)18/h1,3-6H,7-10H2,(H,15,17). The normalized spacial score (nSPS) is 13.7. The minimum atomic E-state index is -0.222. The highest BCUT2D eigenvalue weighted by Crippen LogP contribution is 2.17. The van der Waals surface area contributed by atoms with Crippen molar-refractivity contribution in [1.29, 1.82) is 0 Å². The molecule has 4 nitrogen and oxygen atoms in total. The first-order valence-corrected chi connectivity index (χ1v) is 5.79. The summed E-state index contributed by atoms with van der Waals surface area (Å²) in [4.78, 5) is 25.2. The topological polar surface area (TPSA) is 49.4 Å². The zero-order valence-electron chi connectivity index (χ0n) is 9.98. The van der Waals surface area contributed by atoms with Gasteiger partial charge in [0.05, 0.1) is 13.1 Å². The van der Waals surface area contributed by atoms with E-state index < -0.39 is 0 Å². The molecule has 1 N–H and O–H groups in total. The number of hydrogen-bond donors (Lipinski definition) is 1. The zero-order chi connectivity index (χ0) is 13.0. The van der Waals surface area contributed by atoms with Gasteiger partial charge in [-0.1, -0.05) is 24.1 Å². The van der Waals surface area contributed by atoms with E-state index >= 15 is 0 Å².